The molecule has 5 heteroatoms. The minimum Gasteiger partial charge on any atom is -0.299 e. The molecule has 1 aliphatic heterocycles. The molecular formula is C20H20ClN3O. The molecule has 0 amide bonds. The second-order valence-corrected chi connectivity index (χ2v) is 6.97. The summed E-state index contributed by atoms with van der Waals surface area (Å²) in [7, 11) is 0. The molecule has 2 aromatic carbocycles. The van der Waals surface area contributed by atoms with Crippen molar-refractivity contribution in [1.82, 2.24) is 14.7 Å². The normalized spacial score (nSPS) is 14.4. The number of hydrogen-bond acceptors (Lipinski definition) is 2. The highest BCUT2D eigenvalue weighted by Crippen LogP contribution is 2.17. The summed E-state index contributed by atoms with van der Waals surface area (Å²) in [6, 6.07) is 18.0. The highest BCUT2D eigenvalue weighted by molar-refractivity contribution is 6.30. The van der Waals surface area contributed by atoms with Crippen LogP contribution in [0.15, 0.2) is 59.4 Å². The second kappa shape index (κ2) is 6.90. The molecule has 128 valence electrons. The van der Waals surface area contributed by atoms with Gasteiger partial charge in [0.2, 0.25) is 0 Å². The number of hydrogen-bond donors (Lipinski definition) is 1. The van der Waals surface area contributed by atoms with Crippen molar-refractivity contribution in [1.29, 1.82) is 0 Å². The van der Waals surface area contributed by atoms with Crippen molar-refractivity contribution >= 4 is 11.6 Å². The van der Waals surface area contributed by atoms with E-state index in [2.05, 4.69) is 34.3 Å². The summed E-state index contributed by atoms with van der Waals surface area (Å²) in [4.78, 5) is 15.1. The van der Waals surface area contributed by atoms with Gasteiger partial charge in [-0.1, -0.05) is 54.1 Å². The first-order chi connectivity index (χ1) is 12.2. The van der Waals surface area contributed by atoms with Crippen LogP contribution in [-0.4, -0.2) is 21.2 Å². The number of nitrogens with one attached hydrogen (secondary N) is 1. The van der Waals surface area contributed by atoms with Crippen LogP contribution in [-0.2, 0) is 26.1 Å². The number of H-pyrrole nitrogens is 1. The van der Waals surface area contributed by atoms with Crippen LogP contribution >= 0.6 is 11.6 Å². The summed E-state index contributed by atoms with van der Waals surface area (Å²) in [5.41, 5.74) is 4.40. The van der Waals surface area contributed by atoms with Crippen LogP contribution in [0.4, 0.5) is 0 Å². The molecule has 0 unspecified atom stereocenters. The van der Waals surface area contributed by atoms with E-state index in [9.17, 15) is 4.79 Å². The van der Waals surface area contributed by atoms with E-state index in [1.54, 1.807) is 4.68 Å². The molecule has 0 saturated heterocycles. The van der Waals surface area contributed by atoms with Crippen LogP contribution in [0.2, 0.25) is 5.02 Å². The summed E-state index contributed by atoms with van der Waals surface area (Å²) in [5, 5.41) is 4.00. The van der Waals surface area contributed by atoms with Gasteiger partial charge in [-0.2, -0.15) is 0 Å². The van der Waals surface area contributed by atoms with Crippen LogP contribution in [0.1, 0.15) is 22.4 Å². The molecule has 0 bridgehead atoms. The zero-order valence-corrected chi connectivity index (χ0v) is 14.7. The fourth-order valence-electron chi connectivity index (χ4n) is 3.38. The Kier molecular flexibility index (Phi) is 4.47. The first kappa shape index (κ1) is 16.2. The molecule has 0 aliphatic carbocycles. The first-order valence-electron chi connectivity index (χ1n) is 8.50. The predicted octanol–water partition coefficient (Wildman–Crippen LogP) is 3.44. The average molecular weight is 354 g/mol. The lowest BCUT2D eigenvalue weighted by atomic mass is 10.1. The van der Waals surface area contributed by atoms with Crippen LogP contribution in [0.25, 0.3) is 0 Å². The van der Waals surface area contributed by atoms with Crippen molar-refractivity contribution in [2.24, 2.45) is 0 Å². The molecule has 1 N–H and O–H groups in total. The smallest absolute Gasteiger partial charge is 0.271 e. The Balaban J connectivity index is 1.52. The van der Waals surface area contributed by atoms with E-state index in [-0.39, 0.29) is 5.56 Å². The fourth-order valence-corrected chi connectivity index (χ4v) is 3.50. The number of fused-ring (bicyclic) bond motifs is 1. The van der Waals surface area contributed by atoms with Gasteiger partial charge in [-0.15, -0.1) is 0 Å². The molecule has 0 spiro atoms. The fraction of sp³-hybridized carbons (Fsp3) is 0.250. The van der Waals surface area contributed by atoms with Crippen LogP contribution < -0.4 is 5.56 Å². The highest BCUT2D eigenvalue weighted by atomic mass is 35.5. The second-order valence-electron chi connectivity index (χ2n) is 6.53. The van der Waals surface area contributed by atoms with Crippen molar-refractivity contribution in [2.75, 3.05) is 6.54 Å². The number of rotatable bonds is 4. The lowest BCUT2D eigenvalue weighted by Gasteiger charge is -2.25. The Labute approximate surface area is 151 Å². The third kappa shape index (κ3) is 3.55. The predicted molar refractivity (Wildman–Crippen MR) is 99.9 cm³/mol. The molecule has 4 rings (SSSR count). The van der Waals surface area contributed by atoms with Crippen molar-refractivity contribution < 1.29 is 0 Å². The molecule has 1 aliphatic rings. The maximum atomic E-state index is 12.8. The number of benzene rings is 2. The Morgan fingerprint density at radius 2 is 1.68 bits per heavy atom. The third-order valence-electron chi connectivity index (χ3n) is 4.70. The summed E-state index contributed by atoms with van der Waals surface area (Å²) < 4.78 is 1.71. The monoisotopic (exact) mass is 353 g/mol. The maximum absolute atomic E-state index is 12.8. The van der Waals surface area contributed by atoms with Crippen molar-refractivity contribution in [3.8, 4) is 0 Å². The van der Waals surface area contributed by atoms with Crippen LogP contribution in [0.5, 0.6) is 0 Å². The molecule has 3 aromatic rings. The largest absolute Gasteiger partial charge is 0.299 e. The molecule has 2 heterocycles. The Morgan fingerprint density at radius 3 is 2.44 bits per heavy atom. The minimum absolute atomic E-state index is 0.0858. The first-order valence-corrected chi connectivity index (χ1v) is 8.88. The van der Waals surface area contributed by atoms with E-state index < -0.39 is 0 Å². The topological polar surface area (TPSA) is 41.0 Å². The average Bonchev–Trinajstić information content (AvgIpc) is 2.94. The van der Waals surface area contributed by atoms with Crippen LogP contribution in [0.3, 0.4) is 0 Å². The van der Waals surface area contributed by atoms with Crippen molar-refractivity contribution in [3.05, 3.63) is 92.4 Å². The molecule has 4 nitrogen and oxygen atoms in total. The van der Waals surface area contributed by atoms with Gasteiger partial charge in [0.15, 0.2) is 0 Å². The lowest BCUT2D eigenvalue weighted by molar-refractivity contribution is 0.244. The number of aromatic nitrogens is 2. The molecule has 0 radical (unpaired) electrons. The number of nitrogens with zero attached hydrogens (tertiary/aromatic N) is 2. The third-order valence-corrected chi connectivity index (χ3v) is 4.95. The van der Waals surface area contributed by atoms with Crippen molar-refractivity contribution in [3.63, 3.8) is 0 Å². The zero-order valence-electron chi connectivity index (χ0n) is 13.9. The molecule has 0 atom stereocenters. The highest BCUT2D eigenvalue weighted by Gasteiger charge is 2.22. The standard InChI is InChI=1S/C20H20ClN3O/c21-17-8-6-16(7-9-17)13-24-20(25)18-14-23(11-10-19(18)22-24)12-15-4-2-1-3-5-15/h1-9,22H,10-14H2. The van der Waals surface area contributed by atoms with E-state index in [0.717, 1.165) is 36.3 Å². The molecule has 0 saturated carbocycles. The lowest BCUT2D eigenvalue weighted by Crippen LogP contribution is -2.32. The SMILES string of the molecule is O=c1c2c([nH]n1Cc1ccc(Cl)cc1)CCN(Cc1ccccc1)C2. The summed E-state index contributed by atoms with van der Waals surface area (Å²) in [6.07, 6.45) is 0.880. The van der Waals surface area contributed by atoms with Gasteiger partial charge in [0.1, 0.15) is 0 Å². The van der Waals surface area contributed by atoms with E-state index in [4.69, 9.17) is 11.6 Å². The van der Waals surface area contributed by atoms with Crippen LogP contribution in [0, 0.1) is 0 Å². The van der Waals surface area contributed by atoms with Gasteiger partial charge in [0.25, 0.3) is 5.56 Å². The summed E-state index contributed by atoms with van der Waals surface area (Å²) >= 11 is 5.93. The Hall–Kier alpha value is -2.30. The van der Waals surface area contributed by atoms with Gasteiger partial charge in [-0.3, -0.25) is 14.8 Å². The van der Waals surface area contributed by atoms with E-state index in [1.165, 1.54) is 5.56 Å². The van der Waals surface area contributed by atoms with Gasteiger partial charge in [0.05, 0.1) is 12.1 Å². The Bertz CT molecular complexity index is 912. The maximum Gasteiger partial charge on any atom is 0.271 e. The van der Waals surface area contributed by atoms with Crippen molar-refractivity contribution in [2.45, 2.75) is 26.1 Å². The zero-order chi connectivity index (χ0) is 17.2. The quantitative estimate of drug-likeness (QED) is 0.780. The van der Waals surface area contributed by atoms with E-state index in [1.807, 2.05) is 30.3 Å². The van der Waals surface area contributed by atoms with E-state index in [0.29, 0.717) is 18.1 Å². The molecule has 0 fully saturated rings. The summed E-state index contributed by atoms with van der Waals surface area (Å²) in [5.74, 6) is 0. The van der Waals surface area contributed by atoms with E-state index >= 15 is 0 Å². The van der Waals surface area contributed by atoms with Gasteiger partial charge < -0.3 is 0 Å². The molecular weight excluding hydrogens is 334 g/mol. The van der Waals surface area contributed by atoms with Gasteiger partial charge in [0, 0.05) is 36.8 Å². The van der Waals surface area contributed by atoms with Gasteiger partial charge in [-0.05, 0) is 23.3 Å². The Morgan fingerprint density at radius 1 is 0.960 bits per heavy atom. The number of halogens is 1. The summed E-state index contributed by atoms with van der Waals surface area (Å²) in [6.45, 7) is 3.08. The molecule has 1 aromatic heterocycles. The number of aromatic amines is 1. The molecule has 25 heavy (non-hydrogen) atoms. The van der Waals surface area contributed by atoms with Gasteiger partial charge in [-0.25, -0.2) is 4.68 Å². The minimum atomic E-state index is 0.0858. The van der Waals surface area contributed by atoms with Gasteiger partial charge >= 0.3 is 0 Å².